The number of fused-ring (bicyclic) bond motifs is 1. The van der Waals surface area contributed by atoms with Crippen LogP contribution in [-0.2, 0) is 6.42 Å². The van der Waals surface area contributed by atoms with Crippen molar-refractivity contribution in [2.45, 2.75) is 13.3 Å². The molecule has 2 aromatic carbocycles. The molecule has 3 rings (SSSR count). The minimum atomic E-state index is 0.643. The van der Waals surface area contributed by atoms with Crippen LogP contribution in [0.15, 0.2) is 42.5 Å². The summed E-state index contributed by atoms with van der Waals surface area (Å²) in [4.78, 5) is 7.81. The van der Waals surface area contributed by atoms with Gasteiger partial charge < -0.3 is 4.98 Å². The molecule has 0 bridgehead atoms. The Hall–Kier alpha value is -2.60. The van der Waals surface area contributed by atoms with Crippen LogP contribution in [0.25, 0.3) is 22.4 Å². The predicted molar refractivity (Wildman–Crippen MR) is 75.6 cm³/mol. The average molecular weight is 247 g/mol. The molecule has 3 nitrogen and oxygen atoms in total. The smallest absolute Gasteiger partial charge is 0.138 e. The van der Waals surface area contributed by atoms with E-state index >= 15 is 0 Å². The Bertz CT molecular complexity index is 761. The van der Waals surface area contributed by atoms with Crippen LogP contribution in [-0.4, -0.2) is 9.97 Å². The van der Waals surface area contributed by atoms with Gasteiger partial charge in [0.15, 0.2) is 0 Å². The molecular formula is C16H13N3. The Morgan fingerprint density at radius 3 is 2.63 bits per heavy atom. The highest BCUT2D eigenvalue weighted by molar-refractivity contribution is 5.80. The van der Waals surface area contributed by atoms with Crippen LogP contribution in [0.2, 0.25) is 0 Å². The first-order chi connectivity index (χ1) is 9.30. The summed E-state index contributed by atoms with van der Waals surface area (Å²) in [5.74, 6) is 0.841. The molecule has 0 unspecified atom stereocenters. The van der Waals surface area contributed by atoms with Crippen molar-refractivity contribution >= 4 is 11.0 Å². The highest BCUT2D eigenvalue weighted by Crippen LogP contribution is 2.21. The van der Waals surface area contributed by atoms with Crippen LogP contribution in [0, 0.1) is 11.3 Å². The minimum Gasteiger partial charge on any atom is -0.338 e. The zero-order valence-electron chi connectivity index (χ0n) is 10.6. The molecule has 0 aliphatic carbocycles. The topological polar surface area (TPSA) is 52.5 Å². The summed E-state index contributed by atoms with van der Waals surface area (Å²) in [6.07, 6.45) is 1.03. The third kappa shape index (κ3) is 2.09. The number of aromatic nitrogens is 2. The molecular weight excluding hydrogens is 234 g/mol. The van der Waals surface area contributed by atoms with E-state index in [0.29, 0.717) is 5.56 Å². The Morgan fingerprint density at radius 1 is 1.16 bits per heavy atom. The van der Waals surface area contributed by atoms with Gasteiger partial charge in [-0.1, -0.05) is 31.2 Å². The number of rotatable bonds is 2. The van der Waals surface area contributed by atoms with Crippen LogP contribution < -0.4 is 0 Å². The van der Waals surface area contributed by atoms with Gasteiger partial charge in [-0.05, 0) is 30.2 Å². The van der Waals surface area contributed by atoms with Crippen molar-refractivity contribution in [3.63, 3.8) is 0 Å². The minimum absolute atomic E-state index is 0.643. The summed E-state index contributed by atoms with van der Waals surface area (Å²) in [5, 5.41) is 8.89. The van der Waals surface area contributed by atoms with Crippen LogP contribution in [0.1, 0.15) is 18.1 Å². The summed E-state index contributed by atoms with van der Waals surface area (Å²) in [5.41, 5.74) is 4.80. The van der Waals surface area contributed by atoms with Crippen molar-refractivity contribution < 1.29 is 0 Å². The molecule has 92 valence electrons. The van der Waals surface area contributed by atoms with E-state index in [0.717, 1.165) is 28.8 Å². The number of nitrogens with zero attached hydrogens (tertiary/aromatic N) is 2. The number of hydrogen-bond acceptors (Lipinski definition) is 2. The molecule has 1 N–H and O–H groups in total. The Morgan fingerprint density at radius 2 is 1.95 bits per heavy atom. The van der Waals surface area contributed by atoms with Gasteiger partial charge in [0.1, 0.15) is 5.82 Å². The van der Waals surface area contributed by atoms with Crippen molar-refractivity contribution in [2.75, 3.05) is 0 Å². The van der Waals surface area contributed by atoms with Crippen molar-refractivity contribution in [3.8, 4) is 17.5 Å². The first kappa shape index (κ1) is 11.5. The summed E-state index contributed by atoms with van der Waals surface area (Å²) in [7, 11) is 0. The number of benzene rings is 2. The number of nitrogens with one attached hydrogen (secondary N) is 1. The van der Waals surface area contributed by atoms with E-state index in [1.165, 1.54) is 5.56 Å². The molecule has 0 aliphatic rings. The molecule has 1 heterocycles. The average Bonchev–Trinajstić information content (AvgIpc) is 2.90. The van der Waals surface area contributed by atoms with Crippen molar-refractivity contribution in [3.05, 3.63) is 53.6 Å². The van der Waals surface area contributed by atoms with E-state index in [2.05, 4.69) is 47.2 Å². The lowest BCUT2D eigenvalue weighted by molar-refractivity contribution is 1.14. The van der Waals surface area contributed by atoms with Gasteiger partial charge in [-0.15, -0.1) is 0 Å². The van der Waals surface area contributed by atoms with Gasteiger partial charge in [0.25, 0.3) is 0 Å². The van der Waals surface area contributed by atoms with Crippen LogP contribution in [0.5, 0.6) is 0 Å². The highest BCUT2D eigenvalue weighted by atomic mass is 14.9. The summed E-state index contributed by atoms with van der Waals surface area (Å²) < 4.78 is 0. The number of hydrogen-bond donors (Lipinski definition) is 1. The lowest BCUT2D eigenvalue weighted by Gasteiger charge is -1.98. The van der Waals surface area contributed by atoms with Gasteiger partial charge in [0.2, 0.25) is 0 Å². The fourth-order valence-corrected chi connectivity index (χ4v) is 2.11. The quantitative estimate of drug-likeness (QED) is 0.751. The summed E-state index contributed by atoms with van der Waals surface area (Å²) >= 11 is 0. The second kappa shape index (κ2) is 4.58. The molecule has 0 spiro atoms. The molecule has 3 heteroatoms. The molecule has 0 saturated heterocycles. The molecule has 1 aromatic heterocycles. The fourth-order valence-electron chi connectivity index (χ4n) is 2.11. The first-order valence-corrected chi connectivity index (χ1v) is 6.29. The van der Waals surface area contributed by atoms with E-state index < -0.39 is 0 Å². The van der Waals surface area contributed by atoms with Crippen molar-refractivity contribution in [1.82, 2.24) is 9.97 Å². The standard InChI is InChI=1S/C16H13N3/c1-2-11-3-6-13(7-4-11)16-18-14-8-5-12(10-17)9-15(14)19-16/h3-9H,2H2,1H3,(H,18,19). The lowest BCUT2D eigenvalue weighted by Crippen LogP contribution is -1.82. The maximum absolute atomic E-state index is 8.89. The molecule has 0 aliphatic heterocycles. The van der Waals surface area contributed by atoms with Gasteiger partial charge in [0.05, 0.1) is 22.7 Å². The molecule has 0 radical (unpaired) electrons. The van der Waals surface area contributed by atoms with Gasteiger partial charge in [0, 0.05) is 5.56 Å². The third-order valence-electron chi connectivity index (χ3n) is 3.25. The molecule has 19 heavy (non-hydrogen) atoms. The fraction of sp³-hybridized carbons (Fsp3) is 0.125. The number of aromatic amines is 1. The highest BCUT2D eigenvalue weighted by Gasteiger charge is 2.05. The zero-order chi connectivity index (χ0) is 13.2. The number of imidazole rings is 1. The predicted octanol–water partition coefficient (Wildman–Crippen LogP) is 3.66. The maximum Gasteiger partial charge on any atom is 0.138 e. The van der Waals surface area contributed by atoms with Gasteiger partial charge in [-0.3, -0.25) is 0 Å². The normalized spacial score (nSPS) is 10.5. The van der Waals surface area contributed by atoms with Crippen LogP contribution >= 0.6 is 0 Å². The van der Waals surface area contributed by atoms with Crippen molar-refractivity contribution in [1.29, 1.82) is 5.26 Å². The Balaban J connectivity index is 2.07. The Labute approximate surface area is 111 Å². The second-order valence-corrected chi connectivity index (χ2v) is 4.48. The van der Waals surface area contributed by atoms with Crippen molar-refractivity contribution in [2.24, 2.45) is 0 Å². The van der Waals surface area contributed by atoms with E-state index in [4.69, 9.17) is 5.26 Å². The van der Waals surface area contributed by atoms with Crippen LogP contribution in [0.3, 0.4) is 0 Å². The molecule has 0 saturated carbocycles. The lowest BCUT2D eigenvalue weighted by atomic mass is 10.1. The molecule has 0 fully saturated rings. The number of aryl methyl sites for hydroxylation is 1. The zero-order valence-corrected chi connectivity index (χ0v) is 10.6. The van der Waals surface area contributed by atoms with E-state index in [1.54, 1.807) is 6.07 Å². The monoisotopic (exact) mass is 247 g/mol. The van der Waals surface area contributed by atoms with Crippen LogP contribution in [0.4, 0.5) is 0 Å². The largest absolute Gasteiger partial charge is 0.338 e. The maximum atomic E-state index is 8.89. The first-order valence-electron chi connectivity index (χ1n) is 6.29. The van der Waals surface area contributed by atoms with E-state index in [9.17, 15) is 0 Å². The third-order valence-corrected chi connectivity index (χ3v) is 3.25. The van der Waals surface area contributed by atoms with Gasteiger partial charge >= 0.3 is 0 Å². The van der Waals surface area contributed by atoms with Gasteiger partial charge in [-0.2, -0.15) is 5.26 Å². The number of nitriles is 1. The number of H-pyrrole nitrogens is 1. The SMILES string of the molecule is CCc1ccc(-c2nc3ccc(C#N)cc3[nH]2)cc1. The molecule has 0 amide bonds. The second-order valence-electron chi connectivity index (χ2n) is 4.48. The van der Waals surface area contributed by atoms with E-state index in [1.807, 2.05) is 12.1 Å². The molecule has 3 aromatic rings. The van der Waals surface area contributed by atoms with E-state index in [-0.39, 0.29) is 0 Å². The summed E-state index contributed by atoms with van der Waals surface area (Å²) in [6, 6.07) is 16.0. The van der Waals surface area contributed by atoms with Gasteiger partial charge in [-0.25, -0.2) is 4.98 Å². The Kier molecular flexibility index (Phi) is 2.77. The summed E-state index contributed by atoms with van der Waals surface area (Å²) in [6.45, 7) is 2.14. The molecule has 0 atom stereocenters.